The van der Waals surface area contributed by atoms with Gasteiger partial charge in [-0.25, -0.2) is 4.39 Å². The van der Waals surface area contributed by atoms with Crippen molar-refractivity contribution in [3.8, 4) is 5.75 Å². The SMILES string of the molecule is CNCC(=O)Nc1ccc(OC(F)F)c(F)c1. The van der Waals surface area contributed by atoms with Gasteiger partial charge < -0.3 is 15.4 Å². The molecule has 7 heteroatoms. The fourth-order valence-electron chi connectivity index (χ4n) is 1.14. The van der Waals surface area contributed by atoms with Crippen molar-refractivity contribution >= 4 is 11.6 Å². The number of carbonyl (C=O) groups excluding carboxylic acids is 1. The number of nitrogens with one attached hydrogen (secondary N) is 2. The van der Waals surface area contributed by atoms with Gasteiger partial charge in [-0.1, -0.05) is 0 Å². The molecule has 1 aromatic rings. The van der Waals surface area contributed by atoms with Crippen molar-refractivity contribution in [2.24, 2.45) is 0 Å². The minimum Gasteiger partial charge on any atom is -0.432 e. The summed E-state index contributed by atoms with van der Waals surface area (Å²) in [6.45, 7) is -3.02. The average Bonchev–Trinajstić information content (AvgIpc) is 2.22. The molecule has 1 amide bonds. The largest absolute Gasteiger partial charge is 0.432 e. The smallest absolute Gasteiger partial charge is 0.387 e. The summed E-state index contributed by atoms with van der Waals surface area (Å²) in [5, 5.41) is 4.99. The number of alkyl halides is 2. The fourth-order valence-corrected chi connectivity index (χ4v) is 1.14. The van der Waals surface area contributed by atoms with Crippen LogP contribution >= 0.6 is 0 Å². The monoisotopic (exact) mass is 248 g/mol. The Labute approximate surface area is 95.8 Å². The van der Waals surface area contributed by atoms with Crippen LogP contribution in [-0.2, 0) is 4.79 Å². The summed E-state index contributed by atoms with van der Waals surface area (Å²) in [7, 11) is 1.58. The standard InChI is InChI=1S/C10H11F3N2O2/c1-14-5-9(16)15-6-2-3-8(7(11)4-6)17-10(12)13/h2-4,10,14H,5H2,1H3,(H,15,16). The molecule has 0 aliphatic carbocycles. The maximum Gasteiger partial charge on any atom is 0.387 e. The Kier molecular flexibility index (Phi) is 4.77. The third-order valence-electron chi connectivity index (χ3n) is 1.77. The molecule has 0 aliphatic heterocycles. The predicted molar refractivity (Wildman–Crippen MR) is 55.6 cm³/mol. The van der Waals surface area contributed by atoms with Crippen LogP contribution in [0.15, 0.2) is 18.2 Å². The van der Waals surface area contributed by atoms with Gasteiger partial charge in [0.2, 0.25) is 5.91 Å². The summed E-state index contributed by atoms with van der Waals surface area (Å²) in [5.74, 6) is -1.89. The van der Waals surface area contributed by atoms with Crippen molar-refractivity contribution in [1.82, 2.24) is 5.32 Å². The number of likely N-dealkylation sites (N-methyl/N-ethyl adjacent to an activating group) is 1. The maximum absolute atomic E-state index is 13.2. The molecular formula is C10H11F3N2O2. The van der Waals surface area contributed by atoms with Crippen LogP contribution < -0.4 is 15.4 Å². The first-order chi connectivity index (χ1) is 8.02. The predicted octanol–water partition coefficient (Wildman–Crippen LogP) is 1.58. The molecule has 0 bridgehead atoms. The highest BCUT2D eigenvalue weighted by Crippen LogP contribution is 2.22. The molecule has 2 N–H and O–H groups in total. The van der Waals surface area contributed by atoms with Crippen molar-refractivity contribution in [1.29, 1.82) is 0 Å². The lowest BCUT2D eigenvalue weighted by Gasteiger charge is -2.08. The van der Waals surface area contributed by atoms with Crippen LogP contribution in [0.5, 0.6) is 5.75 Å². The van der Waals surface area contributed by atoms with E-state index >= 15 is 0 Å². The van der Waals surface area contributed by atoms with Gasteiger partial charge in [-0.2, -0.15) is 8.78 Å². The van der Waals surface area contributed by atoms with Crippen molar-refractivity contribution in [3.05, 3.63) is 24.0 Å². The van der Waals surface area contributed by atoms with Crippen LogP contribution in [0.2, 0.25) is 0 Å². The molecule has 17 heavy (non-hydrogen) atoms. The summed E-state index contributed by atoms with van der Waals surface area (Å²) in [6, 6.07) is 3.20. The summed E-state index contributed by atoms with van der Waals surface area (Å²) in [5.41, 5.74) is 0.171. The zero-order valence-electron chi connectivity index (χ0n) is 8.97. The van der Waals surface area contributed by atoms with E-state index in [0.29, 0.717) is 0 Å². The van der Waals surface area contributed by atoms with Gasteiger partial charge >= 0.3 is 6.61 Å². The molecular weight excluding hydrogens is 237 g/mol. The van der Waals surface area contributed by atoms with Crippen molar-refractivity contribution in [2.75, 3.05) is 18.9 Å². The number of ether oxygens (including phenoxy) is 1. The molecule has 1 aromatic carbocycles. The number of anilines is 1. The van der Waals surface area contributed by atoms with E-state index in [9.17, 15) is 18.0 Å². The quantitative estimate of drug-likeness (QED) is 0.831. The Hall–Kier alpha value is -1.76. The van der Waals surface area contributed by atoms with E-state index in [4.69, 9.17) is 0 Å². The number of benzene rings is 1. The molecule has 1 rings (SSSR count). The molecule has 94 valence electrons. The van der Waals surface area contributed by atoms with Crippen LogP contribution in [-0.4, -0.2) is 26.1 Å². The summed E-state index contributed by atoms with van der Waals surface area (Å²) in [4.78, 5) is 11.1. The first-order valence-electron chi connectivity index (χ1n) is 4.71. The van der Waals surface area contributed by atoms with Crippen molar-refractivity contribution in [2.45, 2.75) is 6.61 Å². The number of carbonyl (C=O) groups is 1. The van der Waals surface area contributed by atoms with Gasteiger partial charge in [-0.3, -0.25) is 4.79 Å². The van der Waals surface area contributed by atoms with Crippen LogP contribution in [0.4, 0.5) is 18.9 Å². The second kappa shape index (κ2) is 6.09. The van der Waals surface area contributed by atoms with E-state index in [1.807, 2.05) is 0 Å². The number of halogens is 3. The Balaban J connectivity index is 2.71. The van der Waals surface area contributed by atoms with Gasteiger partial charge in [-0.15, -0.1) is 0 Å². The minimum absolute atomic E-state index is 0.0664. The van der Waals surface area contributed by atoms with E-state index in [-0.39, 0.29) is 18.1 Å². The van der Waals surface area contributed by atoms with Crippen LogP contribution in [0, 0.1) is 5.82 Å². The third kappa shape index (κ3) is 4.31. The van der Waals surface area contributed by atoms with E-state index in [1.165, 1.54) is 6.07 Å². The van der Waals surface area contributed by atoms with Gasteiger partial charge in [0.25, 0.3) is 0 Å². The van der Waals surface area contributed by atoms with Gasteiger partial charge in [0, 0.05) is 11.8 Å². The fraction of sp³-hybridized carbons (Fsp3) is 0.300. The lowest BCUT2D eigenvalue weighted by molar-refractivity contribution is -0.115. The summed E-state index contributed by atoms with van der Waals surface area (Å²) < 4.78 is 40.8. The molecule has 0 saturated heterocycles. The summed E-state index contributed by atoms with van der Waals surface area (Å²) >= 11 is 0. The Bertz CT molecular complexity index is 399. The molecule has 0 unspecified atom stereocenters. The minimum atomic E-state index is -3.09. The molecule has 0 saturated carbocycles. The van der Waals surface area contributed by atoms with Crippen molar-refractivity contribution < 1.29 is 22.7 Å². The lowest BCUT2D eigenvalue weighted by Crippen LogP contribution is -2.25. The Morgan fingerprint density at radius 2 is 2.18 bits per heavy atom. The second-order valence-corrected chi connectivity index (χ2v) is 3.10. The Morgan fingerprint density at radius 1 is 1.47 bits per heavy atom. The van der Waals surface area contributed by atoms with Crippen LogP contribution in [0.3, 0.4) is 0 Å². The zero-order chi connectivity index (χ0) is 12.8. The van der Waals surface area contributed by atoms with Gasteiger partial charge in [-0.05, 0) is 19.2 Å². The summed E-state index contributed by atoms with van der Waals surface area (Å²) in [6.07, 6.45) is 0. The number of hydrogen-bond acceptors (Lipinski definition) is 3. The number of amides is 1. The molecule has 0 spiro atoms. The van der Waals surface area contributed by atoms with Gasteiger partial charge in [0.15, 0.2) is 11.6 Å². The number of rotatable bonds is 5. The average molecular weight is 248 g/mol. The van der Waals surface area contributed by atoms with Crippen molar-refractivity contribution in [3.63, 3.8) is 0 Å². The molecule has 0 heterocycles. The number of hydrogen-bond donors (Lipinski definition) is 2. The third-order valence-corrected chi connectivity index (χ3v) is 1.77. The highest BCUT2D eigenvalue weighted by molar-refractivity contribution is 5.92. The van der Waals surface area contributed by atoms with Gasteiger partial charge in [0.05, 0.1) is 6.54 Å². The second-order valence-electron chi connectivity index (χ2n) is 3.10. The first-order valence-corrected chi connectivity index (χ1v) is 4.71. The molecule has 0 radical (unpaired) electrons. The molecule has 0 fully saturated rings. The molecule has 4 nitrogen and oxygen atoms in total. The van der Waals surface area contributed by atoms with Gasteiger partial charge in [0.1, 0.15) is 0 Å². The zero-order valence-corrected chi connectivity index (χ0v) is 8.97. The van der Waals surface area contributed by atoms with E-state index < -0.39 is 18.2 Å². The van der Waals surface area contributed by atoms with E-state index in [2.05, 4.69) is 15.4 Å². The normalized spacial score (nSPS) is 10.4. The lowest BCUT2D eigenvalue weighted by atomic mass is 10.3. The highest BCUT2D eigenvalue weighted by atomic mass is 19.3. The molecule has 0 aromatic heterocycles. The first kappa shape index (κ1) is 13.3. The van der Waals surface area contributed by atoms with Crippen LogP contribution in [0.25, 0.3) is 0 Å². The Morgan fingerprint density at radius 3 is 2.71 bits per heavy atom. The van der Waals surface area contributed by atoms with Crippen LogP contribution in [0.1, 0.15) is 0 Å². The maximum atomic E-state index is 13.2. The van der Waals surface area contributed by atoms with E-state index in [1.54, 1.807) is 7.05 Å². The van der Waals surface area contributed by atoms with E-state index in [0.717, 1.165) is 12.1 Å². The highest BCUT2D eigenvalue weighted by Gasteiger charge is 2.11. The topological polar surface area (TPSA) is 50.4 Å². The molecule has 0 atom stereocenters. The molecule has 0 aliphatic rings.